The minimum atomic E-state index is 0.0825. The van der Waals surface area contributed by atoms with E-state index < -0.39 is 0 Å². The van der Waals surface area contributed by atoms with Gasteiger partial charge in [0.1, 0.15) is 0 Å². The van der Waals surface area contributed by atoms with Gasteiger partial charge in [-0.25, -0.2) is 4.68 Å². The number of nitrogens with zero attached hydrogens (tertiary/aromatic N) is 5. The molecule has 0 saturated heterocycles. The molecule has 8 heteroatoms. The summed E-state index contributed by atoms with van der Waals surface area (Å²) in [5, 5.41) is 14.5. The lowest BCUT2D eigenvalue weighted by atomic mass is 10.2. The standard InChI is InChI=1S/C17H19N5OS2/c1-4-7-21-12(2)9-15(13(21)3)16(23)11-25-17-18-19-20-22(17)10-14-6-5-8-24-14/h4-6,8-9H,1,7,10-11H2,2-3H3. The lowest BCUT2D eigenvalue weighted by Gasteiger charge is -2.06. The number of carbonyl (C=O) groups is 1. The Bertz CT molecular complexity index is 879. The lowest BCUT2D eigenvalue weighted by molar-refractivity contribution is 0.102. The summed E-state index contributed by atoms with van der Waals surface area (Å²) in [6, 6.07) is 5.98. The van der Waals surface area contributed by atoms with E-state index in [1.807, 2.05) is 43.5 Å². The Morgan fingerprint density at radius 3 is 3.00 bits per heavy atom. The highest BCUT2D eigenvalue weighted by Gasteiger charge is 2.17. The number of aryl methyl sites for hydroxylation is 1. The third kappa shape index (κ3) is 3.91. The smallest absolute Gasteiger partial charge is 0.210 e. The largest absolute Gasteiger partial charge is 0.345 e. The van der Waals surface area contributed by atoms with Crippen LogP contribution in [0.25, 0.3) is 0 Å². The zero-order valence-electron chi connectivity index (χ0n) is 14.2. The van der Waals surface area contributed by atoms with Gasteiger partial charge in [-0.15, -0.1) is 23.0 Å². The highest BCUT2D eigenvalue weighted by Crippen LogP contribution is 2.21. The summed E-state index contributed by atoms with van der Waals surface area (Å²) < 4.78 is 3.82. The van der Waals surface area contributed by atoms with Crippen LogP contribution in [0.15, 0.2) is 41.4 Å². The van der Waals surface area contributed by atoms with E-state index in [9.17, 15) is 4.79 Å². The molecule has 3 aromatic rings. The maximum atomic E-state index is 12.6. The number of hydrogen-bond acceptors (Lipinski definition) is 6. The fraction of sp³-hybridized carbons (Fsp3) is 0.294. The van der Waals surface area contributed by atoms with Crippen LogP contribution in [0.4, 0.5) is 0 Å². The highest BCUT2D eigenvalue weighted by molar-refractivity contribution is 7.99. The summed E-state index contributed by atoms with van der Waals surface area (Å²) in [5.74, 6) is 0.391. The molecule has 0 amide bonds. The van der Waals surface area contributed by atoms with Crippen LogP contribution in [0.2, 0.25) is 0 Å². The summed E-state index contributed by atoms with van der Waals surface area (Å²) in [7, 11) is 0. The average Bonchev–Trinajstić information content (AvgIpc) is 3.31. The number of thioether (sulfide) groups is 1. The molecular formula is C17H19N5OS2. The van der Waals surface area contributed by atoms with Gasteiger partial charge in [0.15, 0.2) is 5.78 Å². The van der Waals surface area contributed by atoms with Crippen LogP contribution in [-0.4, -0.2) is 36.3 Å². The first-order valence-corrected chi connectivity index (χ1v) is 9.69. The third-order valence-electron chi connectivity index (χ3n) is 3.90. The number of hydrogen-bond donors (Lipinski definition) is 0. The van der Waals surface area contributed by atoms with Gasteiger partial charge in [-0.2, -0.15) is 0 Å². The van der Waals surface area contributed by atoms with E-state index in [1.165, 1.54) is 16.6 Å². The summed E-state index contributed by atoms with van der Waals surface area (Å²) in [6.07, 6.45) is 1.84. The van der Waals surface area contributed by atoms with Gasteiger partial charge >= 0.3 is 0 Å². The monoisotopic (exact) mass is 373 g/mol. The Balaban J connectivity index is 1.68. The van der Waals surface area contributed by atoms with E-state index in [0.29, 0.717) is 24.0 Å². The number of allylic oxidation sites excluding steroid dienone is 1. The van der Waals surface area contributed by atoms with Crippen molar-refractivity contribution in [1.29, 1.82) is 0 Å². The van der Waals surface area contributed by atoms with Crippen LogP contribution >= 0.6 is 23.1 Å². The molecule has 0 spiro atoms. The van der Waals surface area contributed by atoms with Crippen molar-refractivity contribution in [1.82, 2.24) is 24.8 Å². The molecule has 0 aromatic carbocycles. The molecule has 3 rings (SSSR count). The van der Waals surface area contributed by atoms with Crippen molar-refractivity contribution < 1.29 is 4.79 Å². The second kappa shape index (κ2) is 7.79. The molecule has 6 nitrogen and oxygen atoms in total. The summed E-state index contributed by atoms with van der Waals surface area (Å²) >= 11 is 3.03. The normalized spacial score (nSPS) is 11.0. The van der Waals surface area contributed by atoms with Crippen LogP contribution < -0.4 is 0 Å². The molecule has 0 fully saturated rings. The number of aromatic nitrogens is 5. The van der Waals surface area contributed by atoms with E-state index in [2.05, 4.69) is 26.7 Å². The predicted octanol–water partition coefficient (Wildman–Crippen LogP) is 3.36. The Morgan fingerprint density at radius 1 is 1.44 bits per heavy atom. The summed E-state index contributed by atoms with van der Waals surface area (Å²) in [5.41, 5.74) is 2.79. The van der Waals surface area contributed by atoms with E-state index in [-0.39, 0.29) is 5.78 Å². The number of thiophene rings is 1. The van der Waals surface area contributed by atoms with Crippen molar-refractivity contribution in [3.8, 4) is 0 Å². The number of ketones is 1. The van der Waals surface area contributed by atoms with Crippen LogP contribution in [0.1, 0.15) is 26.6 Å². The van der Waals surface area contributed by atoms with Crippen molar-refractivity contribution in [2.75, 3.05) is 5.75 Å². The van der Waals surface area contributed by atoms with Crippen molar-refractivity contribution in [3.63, 3.8) is 0 Å². The molecule has 0 aliphatic carbocycles. The van der Waals surface area contributed by atoms with Gasteiger partial charge in [0, 0.05) is 28.4 Å². The highest BCUT2D eigenvalue weighted by atomic mass is 32.2. The van der Waals surface area contributed by atoms with Crippen LogP contribution in [0, 0.1) is 13.8 Å². The van der Waals surface area contributed by atoms with Crippen molar-refractivity contribution in [3.05, 3.63) is 58.1 Å². The van der Waals surface area contributed by atoms with Crippen molar-refractivity contribution in [2.45, 2.75) is 32.1 Å². The molecule has 130 valence electrons. The van der Waals surface area contributed by atoms with Crippen LogP contribution in [0.5, 0.6) is 0 Å². The number of carbonyl (C=O) groups excluding carboxylic acids is 1. The fourth-order valence-corrected chi connectivity index (χ4v) is 4.10. The van der Waals surface area contributed by atoms with E-state index in [0.717, 1.165) is 17.0 Å². The number of tetrazole rings is 1. The first-order valence-electron chi connectivity index (χ1n) is 7.82. The topological polar surface area (TPSA) is 65.6 Å². The lowest BCUT2D eigenvalue weighted by Crippen LogP contribution is -2.08. The molecule has 3 aromatic heterocycles. The fourth-order valence-electron chi connectivity index (χ4n) is 2.65. The minimum absolute atomic E-state index is 0.0825. The summed E-state index contributed by atoms with van der Waals surface area (Å²) in [6.45, 7) is 9.06. The minimum Gasteiger partial charge on any atom is -0.345 e. The van der Waals surface area contributed by atoms with E-state index in [4.69, 9.17) is 0 Å². The van der Waals surface area contributed by atoms with Gasteiger partial charge in [0.2, 0.25) is 5.16 Å². The molecule has 0 bridgehead atoms. The molecule has 0 saturated carbocycles. The summed E-state index contributed by atoms with van der Waals surface area (Å²) in [4.78, 5) is 13.8. The van der Waals surface area contributed by atoms with Gasteiger partial charge in [0.25, 0.3) is 0 Å². The van der Waals surface area contributed by atoms with Gasteiger partial charge < -0.3 is 4.57 Å². The second-order valence-corrected chi connectivity index (χ2v) is 7.57. The third-order valence-corrected chi connectivity index (χ3v) is 5.72. The zero-order valence-corrected chi connectivity index (χ0v) is 15.8. The van der Waals surface area contributed by atoms with Crippen molar-refractivity contribution >= 4 is 28.9 Å². The molecule has 0 unspecified atom stereocenters. The Labute approximate surface area is 154 Å². The maximum Gasteiger partial charge on any atom is 0.210 e. The van der Waals surface area contributed by atoms with Crippen molar-refractivity contribution in [2.24, 2.45) is 0 Å². The Hall–Kier alpha value is -2.19. The Morgan fingerprint density at radius 2 is 2.28 bits per heavy atom. The first-order chi connectivity index (χ1) is 12.1. The molecule has 25 heavy (non-hydrogen) atoms. The molecule has 0 radical (unpaired) electrons. The van der Waals surface area contributed by atoms with Crippen LogP contribution in [0.3, 0.4) is 0 Å². The van der Waals surface area contributed by atoms with Gasteiger partial charge in [-0.05, 0) is 41.8 Å². The predicted molar refractivity (Wildman–Crippen MR) is 100 cm³/mol. The molecule has 0 atom stereocenters. The molecule has 0 N–H and O–H groups in total. The molecule has 0 aliphatic rings. The van der Waals surface area contributed by atoms with Gasteiger partial charge in [-0.3, -0.25) is 4.79 Å². The Kier molecular flexibility index (Phi) is 5.50. The maximum absolute atomic E-state index is 12.6. The van der Waals surface area contributed by atoms with E-state index in [1.54, 1.807) is 16.0 Å². The van der Waals surface area contributed by atoms with Gasteiger partial charge in [-0.1, -0.05) is 23.9 Å². The van der Waals surface area contributed by atoms with Gasteiger partial charge in [0.05, 0.1) is 12.3 Å². The average molecular weight is 374 g/mol. The van der Waals surface area contributed by atoms with Crippen LogP contribution in [-0.2, 0) is 13.1 Å². The number of rotatable bonds is 8. The molecule has 3 heterocycles. The first kappa shape index (κ1) is 17.6. The quantitative estimate of drug-likeness (QED) is 0.344. The SMILES string of the molecule is C=CCn1c(C)cc(C(=O)CSc2nnnn2Cc2cccs2)c1C. The van der Waals surface area contributed by atoms with E-state index >= 15 is 0 Å². The molecular weight excluding hydrogens is 354 g/mol. The number of Topliss-reactive ketones (excluding diaryl/α,β-unsaturated/α-hetero) is 1. The zero-order chi connectivity index (χ0) is 17.8. The second-order valence-electron chi connectivity index (χ2n) is 5.59. The molecule has 0 aliphatic heterocycles.